The van der Waals surface area contributed by atoms with Crippen LogP contribution in [0.4, 0.5) is 0 Å². The number of carbonyl (C=O) groups excluding carboxylic acids is 3. The SMILES string of the molecule is COC(=O)C1=CN([C@H](C(=O)OC)c2ccccc2)C=C(C(=O)OC)C1c1ccc(Cl)cc1. The fraction of sp³-hybridized carbons (Fsp3) is 0.208. The van der Waals surface area contributed by atoms with Crippen molar-refractivity contribution >= 4 is 29.5 Å². The first-order valence-electron chi connectivity index (χ1n) is 9.67. The summed E-state index contributed by atoms with van der Waals surface area (Å²) in [6.07, 6.45) is 2.98. The van der Waals surface area contributed by atoms with Crippen LogP contribution in [0.15, 0.2) is 78.1 Å². The van der Waals surface area contributed by atoms with E-state index in [1.54, 1.807) is 48.5 Å². The van der Waals surface area contributed by atoms with Gasteiger partial charge in [-0.05, 0) is 23.3 Å². The van der Waals surface area contributed by atoms with Crippen LogP contribution in [0.5, 0.6) is 0 Å². The molecule has 1 heterocycles. The summed E-state index contributed by atoms with van der Waals surface area (Å²) in [5.74, 6) is -2.65. The molecule has 32 heavy (non-hydrogen) atoms. The van der Waals surface area contributed by atoms with Crippen LogP contribution in [0.3, 0.4) is 0 Å². The van der Waals surface area contributed by atoms with E-state index in [2.05, 4.69) is 0 Å². The fourth-order valence-corrected chi connectivity index (χ4v) is 3.72. The third-order valence-corrected chi connectivity index (χ3v) is 5.33. The van der Waals surface area contributed by atoms with E-state index in [1.807, 2.05) is 6.07 Å². The second-order valence-electron chi connectivity index (χ2n) is 6.92. The number of hydrogen-bond donors (Lipinski definition) is 0. The largest absolute Gasteiger partial charge is 0.467 e. The molecular weight excluding hydrogens is 434 g/mol. The van der Waals surface area contributed by atoms with Gasteiger partial charge in [-0.2, -0.15) is 0 Å². The molecule has 0 aromatic heterocycles. The molecule has 3 rings (SSSR count). The molecule has 166 valence electrons. The van der Waals surface area contributed by atoms with Crippen molar-refractivity contribution in [2.24, 2.45) is 0 Å². The Labute approximate surface area is 190 Å². The van der Waals surface area contributed by atoms with Crippen molar-refractivity contribution < 1.29 is 28.6 Å². The van der Waals surface area contributed by atoms with Crippen LogP contribution in [0.25, 0.3) is 0 Å². The molecule has 1 aliphatic heterocycles. The molecule has 0 fully saturated rings. The van der Waals surface area contributed by atoms with Gasteiger partial charge in [0.2, 0.25) is 0 Å². The summed E-state index contributed by atoms with van der Waals surface area (Å²) in [6, 6.07) is 14.7. The Morgan fingerprint density at radius 3 is 1.81 bits per heavy atom. The molecule has 0 aliphatic carbocycles. The first-order chi connectivity index (χ1) is 15.4. The van der Waals surface area contributed by atoms with Crippen LogP contribution in [-0.2, 0) is 28.6 Å². The molecule has 1 aliphatic rings. The Kier molecular flexibility index (Phi) is 7.33. The van der Waals surface area contributed by atoms with Gasteiger partial charge in [0, 0.05) is 17.4 Å². The zero-order chi connectivity index (χ0) is 23.3. The van der Waals surface area contributed by atoms with Gasteiger partial charge in [-0.15, -0.1) is 0 Å². The van der Waals surface area contributed by atoms with Gasteiger partial charge in [0.15, 0.2) is 6.04 Å². The first kappa shape index (κ1) is 23.1. The first-order valence-corrected chi connectivity index (χ1v) is 10.0. The van der Waals surface area contributed by atoms with Gasteiger partial charge in [-0.25, -0.2) is 14.4 Å². The number of rotatable bonds is 6. The molecule has 1 atom stereocenters. The third kappa shape index (κ3) is 4.68. The number of carbonyl (C=O) groups is 3. The lowest BCUT2D eigenvalue weighted by atomic mass is 9.83. The molecule has 0 unspecified atom stereocenters. The van der Waals surface area contributed by atoms with Crippen LogP contribution in [0.2, 0.25) is 5.02 Å². The van der Waals surface area contributed by atoms with Gasteiger partial charge in [-0.1, -0.05) is 54.1 Å². The maximum Gasteiger partial charge on any atom is 0.336 e. The van der Waals surface area contributed by atoms with Crippen molar-refractivity contribution in [1.29, 1.82) is 0 Å². The fourth-order valence-electron chi connectivity index (χ4n) is 3.59. The van der Waals surface area contributed by atoms with Crippen molar-refractivity contribution in [2.75, 3.05) is 21.3 Å². The predicted octanol–water partition coefficient (Wildman–Crippen LogP) is 3.77. The van der Waals surface area contributed by atoms with E-state index in [1.165, 1.54) is 38.6 Å². The average molecular weight is 456 g/mol. The summed E-state index contributed by atoms with van der Waals surface area (Å²) in [5.41, 5.74) is 1.56. The number of nitrogens with zero attached hydrogens (tertiary/aromatic N) is 1. The van der Waals surface area contributed by atoms with Gasteiger partial charge >= 0.3 is 17.9 Å². The Morgan fingerprint density at radius 1 is 0.812 bits per heavy atom. The minimum atomic E-state index is -0.938. The van der Waals surface area contributed by atoms with Crippen LogP contribution < -0.4 is 0 Å². The highest BCUT2D eigenvalue weighted by atomic mass is 35.5. The van der Waals surface area contributed by atoms with Crippen molar-refractivity contribution in [3.63, 3.8) is 0 Å². The molecular formula is C24H22ClNO6. The summed E-state index contributed by atoms with van der Waals surface area (Å²) < 4.78 is 15.0. The van der Waals surface area contributed by atoms with Crippen molar-refractivity contribution in [2.45, 2.75) is 12.0 Å². The van der Waals surface area contributed by atoms with E-state index in [9.17, 15) is 14.4 Å². The highest BCUT2D eigenvalue weighted by Crippen LogP contribution is 2.40. The van der Waals surface area contributed by atoms with Gasteiger partial charge in [-0.3, -0.25) is 0 Å². The minimum Gasteiger partial charge on any atom is -0.467 e. The number of methoxy groups -OCH3 is 3. The van der Waals surface area contributed by atoms with Crippen LogP contribution >= 0.6 is 11.6 Å². The quantitative estimate of drug-likeness (QED) is 0.484. The molecule has 0 bridgehead atoms. The van der Waals surface area contributed by atoms with Crippen LogP contribution in [-0.4, -0.2) is 44.1 Å². The lowest BCUT2D eigenvalue weighted by Crippen LogP contribution is -2.34. The molecule has 0 saturated carbocycles. The summed E-state index contributed by atoms with van der Waals surface area (Å²) in [4.78, 5) is 39.7. The summed E-state index contributed by atoms with van der Waals surface area (Å²) in [5, 5.41) is 0.508. The molecule has 2 aromatic rings. The number of esters is 3. The zero-order valence-corrected chi connectivity index (χ0v) is 18.5. The number of ether oxygens (including phenoxy) is 3. The van der Waals surface area contributed by atoms with Gasteiger partial charge in [0.25, 0.3) is 0 Å². The van der Waals surface area contributed by atoms with Gasteiger partial charge in [0.1, 0.15) is 0 Å². The Hall–Kier alpha value is -3.58. The molecule has 7 nitrogen and oxygen atoms in total. The molecule has 0 spiro atoms. The lowest BCUT2D eigenvalue weighted by molar-refractivity contribution is -0.146. The van der Waals surface area contributed by atoms with Crippen molar-refractivity contribution in [3.05, 3.63) is 94.3 Å². The topological polar surface area (TPSA) is 82.1 Å². The molecule has 8 heteroatoms. The monoisotopic (exact) mass is 455 g/mol. The molecule has 2 aromatic carbocycles. The zero-order valence-electron chi connectivity index (χ0n) is 17.8. The molecule has 0 amide bonds. The average Bonchev–Trinajstić information content (AvgIpc) is 2.83. The van der Waals surface area contributed by atoms with Crippen LogP contribution in [0, 0.1) is 0 Å². The van der Waals surface area contributed by atoms with E-state index >= 15 is 0 Å². The Bertz CT molecular complexity index is 1030. The van der Waals surface area contributed by atoms with Crippen LogP contribution in [0.1, 0.15) is 23.1 Å². The van der Waals surface area contributed by atoms with E-state index in [0.717, 1.165) is 0 Å². The molecule has 0 radical (unpaired) electrons. The second-order valence-corrected chi connectivity index (χ2v) is 7.36. The maximum absolute atomic E-state index is 12.8. The van der Waals surface area contributed by atoms with E-state index in [-0.39, 0.29) is 11.1 Å². The Morgan fingerprint density at radius 2 is 1.34 bits per heavy atom. The number of halogens is 1. The summed E-state index contributed by atoms with van der Waals surface area (Å²) in [6.45, 7) is 0. The van der Waals surface area contributed by atoms with Crippen molar-refractivity contribution in [3.8, 4) is 0 Å². The highest BCUT2D eigenvalue weighted by Gasteiger charge is 2.38. The molecule has 0 N–H and O–H groups in total. The smallest absolute Gasteiger partial charge is 0.336 e. The van der Waals surface area contributed by atoms with E-state index in [4.69, 9.17) is 25.8 Å². The third-order valence-electron chi connectivity index (χ3n) is 5.08. The summed E-state index contributed by atoms with van der Waals surface area (Å²) >= 11 is 6.01. The predicted molar refractivity (Wildman–Crippen MR) is 117 cm³/mol. The van der Waals surface area contributed by atoms with E-state index in [0.29, 0.717) is 16.1 Å². The van der Waals surface area contributed by atoms with E-state index < -0.39 is 29.9 Å². The minimum absolute atomic E-state index is 0.155. The van der Waals surface area contributed by atoms with Gasteiger partial charge in [0.05, 0.1) is 38.4 Å². The number of benzene rings is 2. The summed E-state index contributed by atoms with van der Waals surface area (Å²) in [7, 11) is 3.77. The Balaban J connectivity index is 2.21. The van der Waals surface area contributed by atoms with Crippen molar-refractivity contribution in [1.82, 2.24) is 4.90 Å². The lowest BCUT2D eigenvalue weighted by Gasteiger charge is -2.33. The number of hydrogen-bond acceptors (Lipinski definition) is 7. The normalized spacial score (nSPS) is 14.7. The maximum atomic E-state index is 12.8. The molecule has 0 saturated heterocycles. The highest BCUT2D eigenvalue weighted by molar-refractivity contribution is 6.30. The van der Waals surface area contributed by atoms with Gasteiger partial charge < -0.3 is 19.1 Å². The standard InChI is InChI=1S/C24H22ClNO6/c1-30-22(27)18-13-26(21(24(29)32-3)16-7-5-4-6-8-16)14-19(23(28)31-2)20(18)15-9-11-17(25)12-10-15/h4-14,20-21H,1-3H3/t21-/m0/s1. The second kappa shape index (κ2) is 10.2.